The SMILES string of the molecule is CCN(CC)c1ccc(C2C(C(=O)c3ccco3)=C(O)C(=O)N2c2ccccc2OC)cc1. The molecular formula is C26H26N2O5. The Hall–Kier alpha value is -4.00. The molecule has 0 fully saturated rings. The second kappa shape index (κ2) is 9.24. The van der Waals surface area contributed by atoms with Crippen LogP contribution >= 0.6 is 0 Å². The van der Waals surface area contributed by atoms with Crippen molar-refractivity contribution in [3.8, 4) is 5.75 Å². The van der Waals surface area contributed by atoms with Gasteiger partial charge in [-0.3, -0.25) is 14.5 Å². The predicted molar refractivity (Wildman–Crippen MR) is 126 cm³/mol. The molecule has 0 aliphatic carbocycles. The van der Waals surface area contributed by atoms with Crippen molar-refractivity contribution in [2.75, 3.05) is 30.0 Å². The van der Waals surface area contributed by atoms with Crippen molar-refractivity contribution >= 4 is 23.1 Å². The van der Waals surface area contributed by atoms with Crippen LogP contribution in [0.3, 0.4) is 0 Å². The summed E-state index contributed by atoms with van der Waals surface area (Å²) in [5.41, 5.74) is 2.14. The zero-order valence-electron chi connectivity index (χ0n) is 18.8. The van der Waals surface area contributed by atoms with E-state index >= 15 is 0 Å². The number of anilines is 2. The molecule has 1 aliphatic rings. The van der Waals surface area contributed by atoms with Gasteiger partial charge >= 0.3 is 0 Å². The van der Waals surface area contributed by atoms with Crippen LogP contribution in [0.25, 0.3) is 0 Å². The summed E-state index contributed by atoms with van der Waals surface area (Å²) in [5.74, 6) is -1.31. The van der Waals surface area contributed by atoms with Crippen LogP contribution in [-0.4, -0.2) is 37.0 Å². The van der Waals surface area contributed by atoms with E-state index in [1.165, 1.54) is 24.3 Å². The number of aliphatic hydroxyl groups is 1. The fourth-order valence-corrected chi connectivity index (χ4v) is 4.23. The van der Waals surface area contributed by atoms with Crippen molar-refractivity contribution in [3.05, 3.63) is 89.6 Å². The highest BCUT2D eigenvalue weighted by Gasteiger charge is 2.46. The number of aliphatic hydroxyl groups excluding tert-OH is 1. The molecule has 1 amide bonds. The molecule has 0 spiro atoms. The maximum Gasteiger partial charge on any atom is 0.294 e. The minimum absolute atomic E-state index is 0.0311. The van der Waals surface area contributed by atoms with Crippen LogP contribution in [0.4, 0.5) is 11.4 Å². The third kappa shape index (κ3) is 3.86. The van der Waals surface area contributed by atoms with Crippen LogP contribution in [0.5, 0.6) is 5.75 Å². The number of ether oxygens (including phenoxy) is 1. The molecule has 0 radical (unpaired) electrons. The van der Waals surface area contributed by atoms with E-state index in [1.807, 2.05) is 24.3 Å². The number of hydrogen-bond donors (Lipinski definition) is 1. The van der Waals surface area contributed by atoms with E-state index in [-0.39, 0.29) is 11.3 Å². The molecule has 4 rings (SSSR count). The van der Waals surface area contributed by atoms with Gasteiger partial charge in [0.05, 0.1) is 30.7 Å². The number of carbonyl (C=O) groups is 2. The number of amides is 1. The third-order valence-corrected chi connectivity index (χ3v) is 5.88. The molecule has 170 valence electrons. The summed E-state index contributed by atoms with van der Waals surface area (Å²) in [6.07, 6.45) is 1.38. The molecule has 7 nitrogen and oxygen atoms in total. The maximum absolute atomic E-state index is 13.3. The molecule has 7 heteroatoms. The number of methoxy groups -OCH3 is 1. The molecule has 1 atom stereocenters. The first kappa shape index (κ1) is 22.2. The molecule has 2 aromatic carbocycles. The quantitative estimate of drug-likeness (QED) is 0.495. The van der Waals surface area contributed by atoms with Crippen LogP contribution in [0.15, 0.2) is 82.7 Å². The van der Waals surface area contributed by atoms with Crippen molar-refractivity contribution < 1.29 is 23.8 Å². The number of rotatable bonds is 8. The Bertz CT molecular complexity index is 1180. The summed E-state index contributed by atoms with van der Waals surface area (Å²) in [4.78, 5) is 30.2. The molecular weight excluding hydrogens is 420 g/mol. The Morgan fingerprint density at radius 3 is 2.36 bits per heavy atom. The molecule has 0 bridgehead atoms. The largest absolute Gasteiger partial charge is 0.503 e. The van der Waals surface area contributed by atoms with Crippen molar-refractivity contribution in [1.82, 2.24) is 0 Å². The average molecular weight is 447 g/mol. The number of ketones is 1. The minimum Gasteiger partial charge on any atom is -0.503 e. The van der Waals surface area contributed by atoms with Gasteiger partial charge in [-0.25, -0.2) is 0 Å². The van der Waals surface area contributed by atoms with Gasteiger partial charge in [0.1, 0.15) is 5.75 Å². The van der Waals surface area contributed by atoms with Crippen molar-refractivity contribution in [2.24, 2.45) is 0 Å². The van der Waals surface area contributed by atoms with E-state index in [9.17, 15) is 14.7 Å². The zero-order valence-corrected chi connectivity index (χ0v) is 18.8. The number of hydrogen-bond acceptors (Lipinski definition) is 6. The molecule has 0 saturated carbocycles. The van der Waals surface area contributed by atoms with Crippen LogP contribution in [-0.2, 0) is 4.79 Å². The molecule has 2 heterocycles. The summed E-state index contributed by atoms with van der Waals surface area (Å²) in [5, 5.41) is 10.8. The monoisotopic (exact) mass is 446 g/mol. The van der Waals surface area contributed by atoms with Gasteiger partial charge in [-0.05, 0) is 55.8 Å². The van der Waals surface area contributed by atoms with E-state index in [2.05, 4.69) is 18.7 Å². The van der Waals surface area contributed by atoms with E-state index in [0.29, 0.717) is 17.0 Å². The Balaban J connectivity index is 1.86. The van der Waals surface area contributed by atoms with Crippen molar-refractivity contribution in [2.45, 2.75) is 19.9 Å². The van der Waals surface area contributed by atoms with Gasteiger partial charge in [0.25, 0.3) is 5.91 Å². The smallest absolute Gasteiger partial charge is 0.294 e. The van der Waals surface area contributed by atoms with Gasteiger partial charge in [-0.15, -0.1) is 0 Å². The van der Waals surface area contributed by atoms with Crippen molar-refractivity contribution in [3.63, 3.8) is 0 Å². The number of Topliss-reactive ketones (excluding diaryl/α,β-unsaturated/α-hetero) is 1. The molecule has 3 aromatic rings. The minimum atomic E-state index is -0.850. The van der Waals surface area contributed by atoms with E-state index in [1.54, 1.807) is 30.3 Å². The fourth-order valence-electron chi connectivity index (χ4n) is 4.23. The molecule has 1 aromatic heterocycles. The molecule has 1 aliphatic heterocycles. The summed E-state index contributed by atoms with van der Waals surface area (Å²) >= 11 is 0. The first-order valence-electron chi connectivity index (χ1n) is 10.8. The summed E-state index contributed by atoms with van der Waals surface area (Å²) in [6, 6.07) is 16.9. The van der Waals surface area contributed by atoms with Gasteiger partial charge in [0, 0.05) is 18.8 Å². The standard InChI is InChI=1S/C26H26N2O5/c1-4-27(5-2)18-14-12-17(13-15-18)23-22(24(29)21-11-8-16-33-21)25(30)26(31)28(23)19-9-6-7-10-20(19)32-3/h6-16,23,30H,4-5H2,1-3H3. The number of benzene rings is 2. The highest BCUT2D eigenvalue weighted by atomic mass is 16.5. The Kier molecular flexibility index (Phi) is 6.22. The molecule has 33 heavy (non-hydrogen) atoms. The zero-order chi connectivity index (χ0) is 23.5. The molecule has 0 saturated heterocycles. The lowest BCUT2D eigenvalue weighted by molar-refractivity contribution is -0.117. The fraction of sp³-hybridized carbons (Fsp3) is 0.231. The normalized spacial score (nSPS) is 15.8. The van der Waals surface area contributed by atoms with Gasteiger partial charge in [-0.2, -0.15) is 0 Å². The summed E-state index contributed by atoms with van der Waals surface area (Å²) < 4.78 is 10.8. The molecule has 1 N–H and O–H groups in total. The Morgan fingerprint density at radius 1 is 1.06 bits per heavy atom. The lowest BCUT2D eigenvalue weighted by Crippen LogP contribution is -2.31. The van der Waals surface area contributed by atoms with Crippen molar-refractivity contribution in [1.29, 1.82) is 0 Å². The summed E-state index contributed by atoms with van der Waals surface area (Å²) in [6.45, 7) is 5.87. The van der Waals surface area contributed by atoms with Gasteiger partial charge < -0.3 is 19.2 Å². The van der Waals surface area contributed by atoms with Crippen LogP contribution in [0.1, 0.15) is 36.0 Å². The molecule has 1 unspecified atom stereocenters. The van der Waals surface area contributed by atoms with E-state index in [0.717, 1.165) is 18.8 Å². The number of para-hydroxylation sites is 2. The van der Waals surface area contributed by atoms with Crippen LogP contribution in [0, 0.1) is 0 Å². The number of carbonyl (C=O) groups excluding carboxylic acids is 2. The predicted octanol–water partition coefficient (Wildman–Crippen LogP) is 4.92. The highest BCUT2D eigenvalue weighted by molar-refractivity contribution is 6.20. The summed E-state index contributed by atoms with van der Waals surface area (Å²) in [7, 11) is 1.51. The second-order valence-corrected chi connectivity index (χ2v) is 7.58. The first-order chi connectivity index (χ1) is 16.0. The Labute approximate surface area is 192 Å². The van der Waals surface area contributed by atoms with E-state index in [4.69, 9.17) is 9.15 Å². The highest BCUT2D eigenvalue weighted by Crippen LogP contribution is 2.45. The lowest BCUT2D eigenvalue weighted by atomic mass is 9.94. The van der Waals surface area contributed by atoms with Crippen LogP contribution < -0.4 is 14.5 Å². The topological polar surface area (TPSA) is 83.2 Å². The van der Waals surface area contributed by atoms with Gasteiger partial charge in [-0.1, -0.05) is 24.3 Å². The first-order valence-corrected chi connectivity index (χ1v) is 10.8. The average Bonchev–Trinajstić information content (AvgIpc) is 3.47. The van der Waals surface area contributed by atoms with E-state index < -0.39 is 23.5 Å². The van der Waals surface area contributed by atoms with Gasteiger partial charge in [0.15, 0.2) is 11.5 Å². The van der Waals surface area contributed by atoms with Gasteiger partial charge in [0.2, 0.25) is 5.78 Å². The third-order valence-electron chi connectivity index (χ3n) is 5.88. The number of furan rings is 1. The number of nitrogens with zero attached hydrogens (tertiary/aromatic N) is 2. The second-order valence-electron chi connectivity index (χ2n) is 7.58. The van der Waals surface area contributed by atoms with Crippen LogP contribution in [0.2, 0.25) is 0 Å². The lowest BCUT2D eigenvalue weighted by Gasteiger charge is -2.28. The maximum atomic E-state index is 13.3. The Morgan fingerprint density at radius 2 is 1.76 bits per heavy atom.